The third-order valence-corrected chi connectivity index (χ3v) is 2.51. The Kier molecular flexibility index (Phi) is 5.86. The van der Waals surface area contributed by atoms with Gasteiger partial charge in [-0.25, -0.2) is 4.79 Å². The molecule has 2 amide bonds. The third kappa shape index (κ3) is 5.20. The molecule has 0 atom stereocenters. The summed E-state index contributed by atoms with van der Waals surface area (Å²) in [5, 5.41) is 5.47. The molecule has 92 valence electrons. The molecule has 0 aromatic heterocycles. The fourth-order valence-electron chi connectivity index (χ4n) is 1.50. The largest absolute Gasteiger partial charge is 0.338 e. The lowest BCUT2D eigenvalue weighted by molar-refractivity contribution is 0.244. The maximum absolute atomic E-state index is 11.3. The number of carbonyl (C=O) groups excluding carboxylic acids is 1. The number of urea groups is 1. The van der Waals surface area contributed by atoms with Gasteiger partial charge in [0.05, 0.1) is 0 Å². The maximum Gasteiger partial charge on any atom is 0.318 e. The number of rotatable bonds is 5. The topological polar surface area (TPSA) is 41.1 Å². The fourth-order valence-corrected chi connectivity index (χ4v) is 1.50. The van der Waals surface area contributed by atoms with Gasteiger partial charge >= 0.3 is 6.03 Å². The highest BCUT2D eigenvalue weighted by Gasteiger charge is 1.99. The van der Waals surface area contributed by atoms with Crippen molar-refractivity contribution < 1.29 is 4.79 Å². The van der Waals surface area contributed by atoms with E-state index in [-0.39, 0.29) is 6.03 Å². The highest BCUT2D eigenvalue weighted by Crippen LogP contribution is 2.06. The molecule has 0 radical (unpaired) electrons. The monoisotopic (exact) mass is 232 g/mol. The number of benzene rings is 1. The number of allylic oxidation sites excluding steroid dienone is 1. The predicted molar refractivity (Wildman–Crippen MR) is 70.8 cm³/mol. The van der Waals surface area contributed by atoms with E-state index in [2.05, 4.69) is 29.7 Å². The summed E-state index contributed by atoms with van der Waals surface area (Å²) in [4.78, 5) is 11.3. The van der Waals surface area contributed by atoms with Crippen molar-refractivity contribution in [3.05, 3.63) is 47.7 Å². The van der Waals surface area contributed by atoms with E-state index >= 15 is 0 Å². The Morgan fingerprint density at radius 3 is 2.82 bits per heavy atom. The second-order valence-electron chi connectivity index (χ2n) is 3.89. The second-order valence-corrected chi connectivity index (χ2v) is 3.89. The summed E-state index contributed by atoms with van der Waals surface area (Å²) < 4.78 is 0. The van der Waals surface area contributed by atoms with Gasteiger partial charge in [-0.2, -0.15) is 0 Å². The number of carbonyl (C=O) groups is 1. The van der Waals surface area contributed by atoms with Crippen molar-refractivity contribution >= 4 is 6.03 Å². The van der Waals surface area contributed by atoms with Crippen LogP contribution in [0.3, 0.4) is 0 Å². The molecule has 0 aliphatic heterocycles. The molecule has 0 saturated carbocycles. The zero-order chi connectivity index (χ0) is 12.5. The molecule has 0 bridgehead atoms. The lowest BCUT2D eigenvalue weighted by Gasteiger charge is -2.06. The van der Waals surface area contributed by atoms with Gasteiger partial charge < -0.3 is 10.6 Å². The van der Waals surface area contributed by atoms with Crippen LogP contribution in [-0.4, -0.2) is 12.6 Å². The first kappa shape index (κ1) is 13.3. The smallest absolute Gasteiger partial charge is 0.318 e. The molecule has 3 heteroatoms. The molecule has 0 heterocycles. The summed E-state index contributed by atoms with van der Waals surface area (Å²) in [6.45, 7) is 4.75. The first-order chi connectivity index (χ1) is 8.24. The minimum Gasteiger partial charge on any atom is -0.338 e. The van der Waals surface area contributed by atoms with Crippen molar-refractivity contribution in [2.24, 2.45) is 0 Å². The van der Waals surface area contributed by atoms with Crippen LogP contribution in [0.1, 0.15) is 24.5 Å². The first-order valence-corrected chi connectivity index (χ1v) is 5.98. The Labute approximate surface area is 103 Å². The van der Waals surface area contributed by atoms with Gasteiger partial charge in [0, 0.05) is 12.7 Å². The highest BCUT2D eigenvalue weighted by molar-refractivity contribution is 5.74. The van der Waals surface area contributed by atoms with E-state index in [0.717, 1.165) is 12.8 Å². The molecule has 1 aromatic rings. The lowest BCUT2D eigenvalue weighted by atomic mass is 10.1. The van der Waals surface area contributed by atoms with Crippen LogP contribution in [0.2, 0.25) is 0 Å². The van der Waals surface area contributed by atoms with E-state index in [9.17, 15) is 4.79 Å². The first-order valence-electron chi connectivity index (χ1n) is 5.98. The van der Waals surface area contributed by atoms with Gasteiger partial charge in [0.2, 0.25) is 0 Å². The molecule has 17 heavy (non-hydrogen) atoms. The summed E-state index contributed by atoms with van der Waals surface area (Å²) in [5.41, 5.74) is 2.54. The van der Waals surface area contributed by atoms with Crippen LogP contribution in [0, 0.1) is 6.92 Å². The van der Waals surface area contributed by atoms with Gasteiger partial charge in [-0.15, -0.1) is 0 Å². The van der Waals surface area contributed by atoms with Crippen LogP contribution in [-0.2, 0) is 6.42 Å². The van der Waals surface area contributed by atoms with Crippen LogP contribution < -0.4 is 10.6 Å². The van der Waals surface area contributed by atoms with E-state index in [1.807, 2.05) is 25.1 Å². The number of hydrogen-bond donors (Lipinski definition) is 2. The lowest BCUT2D eigenvalue weighted by Crippen LogP contribution is -2.33. The summed E-state index contributed by atoms with van der Waals surface area (Å²) in [6.07, 6.45) is 5.35. The number of amides is 2. The van der Waals surface area contributed by atoms with Crippen molar-refractivity contribution in [3.8, 4) is 0 Å². The zero-order valence-electron chi connectivity index (χ0n) is 10.5. The molecule has 1 rings (SSSR count). The van der Waals surface area contributed by atoms with Gasteiger partial charge in [-0.3, -0.25) is 0 Å². The average molecular weight is 232 g/mol. The Hall–Kier alpha value is -1.77. The van der Waals surface area contributed by atoms with Gasteiger partial charge in [0.25, 0.3) is 0 Å². The molecule has 0 fully saturated rings. The normalized spacial score (nSPS) is 10.5. The fraction of sp³-hybridized carbons (Fsp3) is 0.357. The summed E-state index contributed by atoms with van der Waals surface area (Å²) >= 11 is 0. The van der Waals surface area contributed by atoms with Gasteiger partial charge in [0.1, 0.15) is 0 Å². The van der Waals surface area contributed by atoms with Crippen LogP contribution in [0.4, 0.5) is 4.79 Å². The van der Waals surface area contributed by atoms with E-state index in [0.29, 0.717) is 6.54 Å². The van der Waals surface area contributed by atoms with Crippen LogP contribution in [0.5, 0.6) is 0 Å². The molecule has 0 spiro atoms. The van der Waals surface area contributed by atoms with Gasteiger partial charge in [-0.1, -0.05) is 37.3 Å². The minimum absolute atomic E-state index is 0.150. The number of aryl methyl sites for hydroxylation is 1. The second kappa shape index (κ2) is 7.49. The Morgan fingerprint density at radius 2 is 2.12 bits per heavy atom. The van der Waals surface area contributed by atoms with Gasteiger partial charge in [0.15, 0.2) is 0 Å². The van der Waals surface area contributed by atoms with E-state index < -0.39 is 0 Å². The minimum atomic E-state index is -0.150. The Bertz CT molecular complexity index is 386. The highest BCUT2D eigenvalue weighted by atomic mass is 16.2. The van der Waals surface area contributed by atoms with E-state index in [1.54, 1.807) is 6.20 Å². The summed E-state index contributed by atoms with van der Waals surface area (Å²) in [5.74, 6) is 0. The predicted octanol–water partition coefficient (Wildman–Crippen LogP) is 2.76. The molecule has 0 aliphatic rings. The summed E-state index contributed by atoms with van der Waals surface area (Å²) in [7, 11) is 0. The molecule has 0 saturated heterocycles. The number of nitrogens with one attached hydrogen (secondary N) is 2. The van der Waals surface area contributed by atoms with Crippen molar-refractivity contribution in [2.75, 3.05) is 6.54 Å². The Balaban J connectivity index is 2.26. The molecule has 1 aromatic carbocycles. The summed E-state index contributed by atoms with van der Waals surface area (Å²) in [6, 6.07) is 8.06. The molecular formula is C14H20N2O. The standard InChI is InChI=1S/C14H20N2O/c1-3-4-10-15-14(17)16-11-9-13-8-6-5-7-12(13)2/h4-8,10H,3,9,11H2,1-2H3,(H2,15,16,17)/b10-4+. The molecule has 0 unspecified atom stereocenters. The zero-order valence-corrected chi connectivity index (χ0v) is 10.5. The van der Waals surface area contributed by atoms with E-state index in [4.69, 9.17) is 0 Å². The van der Waals surface area contributed by atoms with Crippen LogP contribution in [0.25, 0.3) is 0 Å². The van der Waals surface area contributed by atoms with Crippen molar-refractivity contribution in [1.29, 1.82) is 0 Å². The Morgan fingerprint density at radius 1 is 1.35 bits per heavy atom. The third-order valence-electron chi connectivity index (χ3n) is 2.51. The SMILES string of the molecule is CC/C=C/NC(=O)NCCc1ccccc1C. The van der Waals surface area contributed by atoms with Crippen molar-refractivity contribution in [3.63, 3.8) is 0 Å². The van der Waals surface area contributed by atoms with Crippen LogP contribution in [0.15, 0.2) is 36.5 Å². The van der Waals surface area contributed by atoms with E-state index in [1.165, 1.54) is 11.1 Å². The van der Waals surface area contributed by atoms with Crippen molar-refractivity contribution in [1.82, 2.24) is 10.6 Å². The van der Waals surface area contributed by atoms with Gasteiger partial charge in [-0.05, 0) is 30.9 Å². The molecular weight excluding hydrogens is 212 g/mol. The molecule has 0 aliphatic carbocycles. The molecule has 2 N–H and O–H groups in total. The average Bonchev–Trinajstić information content (AvgIpc) is 2.32. The van der Waals surface area contributed by atoms with Crippen LogP contribution >= 0.6 is 0 Å². The quantitative estimate of drug-likeness (QED) is 0.805. The maximum atomic E-state index is 11.3. The van der Waals surface area contributed by atoms with Crippen molar-refractivity contribution in [2.45, 2.75) is 26.7 Å². The number of hydrogen-bond acceptors (Lipinski definition) is 1. The molecule has 3 nitrogen and oxygen atoms in total.